The van der Waals surface area contributed by atoms with Gasteiger partial charge in [0.25, 0.3) is 0 Å². The summed E-state index contributed by atoms with van der Waals surface area (Å²) in [7, 11) is 0. The Labute approximate surface area is 88.3 Å². The van der Waals surface area contributed by atoms with Crippen molar-refractivity contribution in [1.82, 2.24) is 0 Å². The molecule has 0 N–H and O–H groups in total. The molecule has 5 aliphatic carbocycles. The summed E-state index contributed by atoms with van der Waals surface area (Å²) < 4.78 is 0. The summed E-state index contributed by atoms with van der Waals surface area (Å²) in [5, 5.41) is 0. The summed E-state index contributed by atoms with van der Waals surface area (Å²) >= 11 is 12.1. The van der Waals surface area contributed by atoms with Gasteiger partial charge in [0, 0.05) is 11.8 Å². The van der Waals surface area contributed by atoms with E-state index in [1.807, 2.05) is 0 Å². The van der Waals surface area contributed by atoms with Gasteiger partial charge in [-0.3, -0.25) is 0 Å². The largest absolute Gasteiger partial charge is 0.122 e. The highest BCUT2D eigenvalue weighted by Crippen LogP contribution is 2.81. The third-order valence-electron chi connectivity index (χ3n) is 5.09. The van der Waals surface area contributed by atoms with E-state index in [2.05, 4.69) is 0 Å². The number of halogens is 2. The molecule has 0 spiro atoms. The molecule has 0 aliphatic heterocycles. The Morgan fingerprint density at radius 2 is 1.46 bits per heavy atom. The quantitative estimate of drug-likeness (QED) is 0.490. The minimum absolute atomic E-state index is 0.746. The van der Waals surface area contributed by atoms with Crippen LogP contribution >= 0.6 is 23.2 Å². The fourth-order valence-electron chi connectivity index (χ4n) is 4.92. The first-order valence-electron chi connectivity index (χ1n) is 5.22. The maximum Gasteiger partial charge on any atom is 0.0439 e. The van der Waals surface area contributed by atoms with E-state index < -0.39 is 0 Å². The van der Waals surface area contributed by atoms with Crippen molar-refractivity contribution < 1.29 is 0 Å². The van der Waals surface area contributed by atoms with Crippen molar-refractivity contribution in [3.63, 3.8) is 0 Å². The molecule has 70 valence electrons. The van der Waals surface area contributed by atoms with Crippen LogP contribution in [0.15, 0.2) is 11.1 Å². The molecule has 4 fully saturated rings. The van der Waals surface area contributed by atoms with Crippen LogP contribution in [0, 0.1) is 35.5 Å². The molecule has 0 radical (unpaired) electrons. The lowest BCUT2D eigenvalue weighted by Crippen LogP contribution is -2.08. The normalized spacial score (nSPS) is 59.5. The van der Waals surface area contributed by atoms with Crippen LogP contribution in [0.1, 0.15) is 6.42 Å². The Kier molecular flexibility index (Phi) is 1.24. The van der Waals surface area contributed by atoms with Gasteiger partial charge < -0.3 is 0 Å². The molecular formula is C11H12Cl2. The van der Waals surface area contributed by atoms with E-state index in [4.69, 9.17) is 23.2 Å². The molecule has 6 bridgehead atoms. The smallest absolute Gasteiger partial charge is 0.0439 e. The molecule has 5 aliphatic rings. The second-order valence-corrected chi connectivity index (χ2v) is 5.62. The first-order valence-corrected chi connectivity index (χ1v) is 6.29. The molecule has 4 atom stereocenters. The lowest BCUT2D eigenvalue weighted by Gasteiger charge is -2.15. The molecule has 13 heavy (non-hydrogen) atoms. The van der Waals surface area contributed by atoms with Crippen molar-refractivity contribution in [3.8, 4) is 0 Å². The molecule has 0 aromatic heterocycles. The monoisotopic (exact) mass is 214 g/mol. The molecule has 2 heteroatoms. The predicted molar refractivity (Wildman–Crippen MR) is 54.0 cm³/mol. The standard InChI is InChI=1S/C11H12Cl2/c12-2-6-7(3-13)9-4-1-5-10(8(4)6)11(5)9/h4-5,8-11H,1-3H2. The maximum atomic E-state index is 6.03. The lowest BCUT2D eigenvalue weighted by molar-refractivity contribution is 0.454. The number of allylic oxidation sites excluding steroid dienone is 2. The van der Waals surface area contributed by atoms with Crippen LogP contribution in [0.2, 0.25) is 0 Å². The molecule has 0 nitrogen and oxygen atoms in total. The van der Waals surface area contributed by atoms with Crippen LogP contribution in [-0.2, 0) is 0 Å². The van der Waals surface area contributed by atoms with Gasteiger partial charge in [-0.25, -0.2) is 0 Å². The van der Waals surface area contributed by atoms with E-state index in [0.29, 0.717) is 0 Å². The second kappa shape index (κ2) is 2.12. The first-order chi connectivity index (χ1) is 6.38. The highest BCUT2D eigenvalue weighted by atomic mass is 35.5. The summed E-state index contributed by atoms with van der Waals surface area (Å²) in [6, 6.07) is 0. The van der Waals surface area contributed by atoms with Crippen LogP contribution in [0.4, 0.5) is 0 Å². The van der Waals surface area contributed by atoms with Crippen molar-refractivity contribution in [2.24, 2.45) is 35.5 Å². The third-order valence-corrected chi connectivity index (χ3v) is 5.67. The van der Waals surface area contributed by atoms with Crippen LogP contribution in [0.3, 0.4) is 0 Å². The molecule has 0 aromatic carbocycles. The molecule has 0 saturated heterocycles. The summed E-state index contributed by atoms with van der Waals surface area (Å²) in [5.74, 6) is 7.41. The molecule has 4 unspecified atom stereocenters. The van der Waals surface area contributed by atoms with Crippen LogP contribution in [0.5, 0.6) is 0 Å². The number of rotatable bonds is 2. The van der Waals surface area contributed by atoms with Gasteiger partial charge in [0.2, 0.25) is 0 Å². The van der Waals surface area contributed by atoms with Gasteiger partial charge in [-0.2, -0.15) is 0 Å². The van der Waals surface area contributed by atoms with Crippen molar-refractivity contribution in [2.45, 2.75) is 6.42 Å². The van der Waals surface area contributed by atoms with Crippen molar-refractivity contribution in [3.05, 3.63) is 11.1 Å². The molecule has 5 rings (SSSR count). The average molecular weight is 215 g/mol. The molecule has 0 amide bonds. The molecular weight excluding hydrogens is 203 g/mol. The fourth-order valence-corrected chi connectivity index (χ4v) is 5.61. The number of hydrogen-bond donors (Lipinski definition) is 0. The van der Waals surface area contributed by atoms with E-state index in [0.717, 1.165) is 47.3 Å². The summed E-state index contributed by atoms with van der Waals surface area (Å²) in [6.07, 6.45) is 1.49. The van der Waals surface area contributed by atoms with Crippen LogP contribution < -0.4 is 0 Å². The van der Waals surface area contributed by atoms with Gasteiger partial charge in [-0.1, -0.05) is 11.1 Å². The average Bonchev–Trinajstić information content (AvgIpc) is 2.59. The van der Waals surface area contributed by atoms with E-state index in [1.54, 1.807) is 11.1 Å². The Morgan fingerprint density at radius 1 is 0.923 bits per heavy atom. The minimum Gasteiger partial charge on any atom is -0.122 e. The van der Waals surface area contributed by atoms with Gasteiger partial charge >= 0.3 is 0 Å². The van der Waals surface area contributed by atoms with Crippen LogP contribution in [0.25, 0.3) is 0 Å². The Bertz CT molecular complexity index is 292. The zero-order chi connectivity index (χ0) is 8.74. The molecule has 0 aromatic rings. The first kappa shape index (κ1) is 7.59. The SMILES string of the molecule is ClCC1=C(CCl)C2C3CC4C(C13)C42. The van der Waals surface area contributed by atoms with Gasteiger partial charge in [-0.05, 0) is 41.9 Å². The van der Waals surface area contributed by atoms with Gasteiger partial charge in [0.15, 0.2) is 0 Å². The second-order valence-electron chi connectivity index (χ2n) is 5.09. The van der Waals surface area contributed by atoms with Gasteiger partial charge in [-0.15, -0.1) is 23.2 Å². The summed E-state index contributed by atoms with van der Waals surface area (Å²) in [4.78, 5) is 0. The summed E-state index contributed by atoms with van der Waals surface area (Å²) in [6.45, 7) is 0. The van der Waals surface area contributed by atoms with Gasteiger partial charge in [0.05, 0.1) is 0 Å². The van der Waals surface area contributed by atoms with Crippen molar-refractivity contribution in [1.29, 1.82) is 0 Å². The highest BCUT2D eigenvalue weighted by molar-refractivity contribution is 6.21. The van der Waals surface area contributed by atoms with E-state index >= 15 is 0 Å². The Balaban J connectivity index is 1.86. The van der Waals surface area contributed by atoms with Crippen molar-refractivity contribution in [2.75, 3.05) is 11.8 Å². The third kappa shape index (κ3) is 0.612. The van der Waals surface area contributed by atoms with E-state index in [9.17, 15) is 0 Å². The molecule has 4 saturated carbocycles. The fraction of sp³-hybridized carbons (Fsp3) is 0.818. The Hall–Kier alpha value is 0.320. The van der Waals surface area contributed by atoms with Crippen LogP contribution in [-0.4, -0.2) is 11.8 Å². The highest BCUT2D eigenvalue weighted by Gasteiger charge is 2.76. The van der Waals surface area contributed by atoms with E-state index in [-0.39, 0.29) is 0 Å². The minimum atomic E-state index is 0.746. The topological polar surface area (TPSA) is 0 Å². The van der Waals surface area contributed by atoms with Crippen molar-refractivity contribution >= 4 is 23.2 Å². The van der Waals surface area contributed by atoms with Gasteiger partial charge in [0.1, 0.15) is 0 Å². The molecule has 0 heterocycles. The zero-order valence-corrected chi connectivity index (χ0v) is 8.85. The Morgan fingerprint density at radius 3 is 1.85 bits per heavy atom. The maximum absolute atomic E-state index is 6.03. The van der Waals surface area contributed by atoms with E-state index in [1.165, 1.54) is 6.42 Å². The summed E-state index contributed by atoms with van der Waals surface area (Å²) in [5.41, 5.74) is 3.10. The number of hydrogen-bond acceptors (Lipinski definition) is 0. The predicted octanol–water partition coefficient (Wildman–Crippen LogP) is 2.90. The zero-order valence-electron chi connectivity index (χ0n) is 7.34. The number of alkyl halides is 2. The lowest BCUT2D eigenvalue weighted by atomic mass is 9.94.